The number of aromatic nitrogens is 4. The summed E-state index contributed by atoms with van der Waals surface area (Å²) in [5.41, 5.74) is 2.28. The largest absolute Gasteiger partial charge is 0.543 e. The number of fused-ring (bicyclic) bond motifs is 1. The smallest absolute Gasteiger partial charge is 0.273 e. The fourth-order valence-electron chi connectivity index (χ4n) is 4.20. The molecule has 244 valence electrons. The van der Waals surface area contributed by atoms with Gasteiger partial charge in [-0.05, 0) is 76.8 Å². The molecule has 1 N–H and O–H groups in total. The number of para-hydroxylation sites is 1. The molecule has 4 aromatic rings. The van der Waals surface area contributed by atoms with E-state index >= 15 is 4.39 Å². The Balaban J connectivity index is 1.61. The molecule has 0 fully saturated rings. The molecule has 0 atom stereocenters. The van der Waals surface area contributed by atoms with Crippen LogP contribution in [0.15, 0.2) is 51.7 Å². The number of hydrogen-bond donors (Lipinski definition) is 1. The zero-order valence-corrected chi connectivity index (χ0v) is 31.7. The second-order valence-electron chi connectivity index (χ2n) is 14.5. The van der Waals surface area contributed by atoms with E-state index in [1.165, 1.54) is 12.1 Å². The molecular weight excluding hydrogens is 671 g/mol. The molecule has 0 saturated carbocycles. The van der Waals surface area contributed by atoms with Gasteiger partial charge in [0.1, 0.15) is 28.5 Å². The van der Waals surface area contributed by atoms with Crippen molar-refractivity contribution in [3.8, 4) is 22.7 Å². The summed E-state index contributed by atoms with van der Waals surface area (Å²) in [6.45, 7) is 23.2. The highest BCUT2D eigenvalue weighted by atomic mass is 79.9. The van der Waals surface area contributed by atoms with Crippen LogP contribution in [-0.2, 0) is 15.8 Å². The Kier molecular flexibility index (Phi) is 10.3. The molecule has 0 bridgehead atoms. The number of ether oxygens (including phenoxy) is 1. The fraction of sp³-hybridized carbons (Fsp3) is 0.485. The highest BCUT2D eigenvalue weighted by Crippen LogP contribution is 2.41. The zero-order chi connectivity index (χ0) is 33.4. The molecule has 2 heterocycles. The molecule has 12 heteroatoms. The van der Waals surface area contributed by atoms with E-state index in [-0.39, 0.29) is 22.4 Å². The lowest BCUT2D eigenvalue weighted by Crippen LogP contribution is -2.43. The molecular formula is C33H46BrFN4O4Si2. The topological polar surface area (TPSA) is 91.3 Å². The lowest BCUT2D eigenvalue weighted by Gasteiger charge is -2.36. The Bertz CT molecular complexity index is 1720. The quantitative estimate of drug-likeness (QED) is 0.123. The Labute approximate surface area is 276 Å². The highest BCUT2D eigenvalue weighted by molar-refractivity contribution is 9.10. The minimum atomic E-state index is -2.12. The molecule has 4 rings (SSSR count). The number of halogens is 2. The average molecular weight is 718 g/mol. The van der Waals surface area contributed by atoms with Gasteiger partial charge in [-0.1, -0.05) is 59.7 Å². The van der Waals surface area contributed by atoms with Crippen LogP contribution in [-0.4, -0.2) is 49.8 Å². The molecule has 45 heavy (non-hydrogen) atoms. The summed E-state index contributed by atoms with van der Waals surface area (Å²) < 4.78 is 36.1. The molecule has 2 aromatic carbocycles. The van der Waals surface area contributed by atoms with Crippen LogP contribution in [0.4, 0.5) is 4.39 Å². The number of benzene rings is 2. The monoisotopic (exact) mass is 716 g/mol. The summed E-state index contributed by atoms with van der Waals surface area (Å²) in [4.78, 5) is 13.2. The zero-order valence-electron chi connectivity index (χ0n) is 28.1. The number of rotatable bonds is 11. The van der Waals surface area contributed by atoms with Gasteiger partial charge in [-0.3, -0.25) is 9.89 Å². The third-order valence-corrected chi connectivity index (χ3v) is 18.6. The number of hydrogen-bond acceptors (Lipinski definition) is 6. The van der Waals surface area contributed by atoms with E-state index in [9.17, 15) is 4.79 Å². The average Bonchev–Trinajstić information content (AvgIpc) is 3.32. The Morgan fingerprint density at radius 1 is 0.956 bits per heavy atom. The van der Waals surface area contributed by atoms with Crippen molar-refractivity contribution in [1.29, 1.82) is 0 Å². The van der Waals surface area contributed by atoms with Gasteiger partial charge in [0, 0.05) is 30.4 Å². The van der Waals surface area contributed by atoms with Crippen molar-refractivity contribution in [3.63, 3.8) is 0 Å². The van der Waals surface area contributed by atoms with E-state index in [4.69, 9.17) is 13.6 Å². The molecule has 0 aliphatic heterocycles. The minimum Gasteiger partial charge on any atom is -0.543 e. The molecule has 0 aliphatic rings. The van der Waals surface area contributed by atoms with E-state index in [1.54, 1.807) is 12.1 Å². The second kappa shape index (κ2) is 13.2. The van der Waals surface area contributed by atoms with Crippen molar-refractivity contribution in [2.45, 2.75) is 90.8 Å². The molecule has 0 amide bonds. The van der Waals surface area contributed by atoms with Crippen LogP contribution in [0.3, 0.4) is 0 Å². The van der Waals surface area contributed by atoms with Gasteiger partial charge in [0.2, 0.25) is 0 Å². The fourth-order valence-corrected chi connectivity index (χ4v) is 6.79. The van der Waals surface area contributed by atoms with Gasteiger partial charge in [-0.2, -0.15) is 14.9 Å². The van der Waals surface area contributed by atoms with Crippen molar-refractivity contribution in [2.24, 2.45) is 0 Å². The lowest BCUT2D eigenvalue weighted by atomic mass is 10.1. The summed E-state index contributed by atoms with van der Waals surface area (Å²) in [6.07, 6.45) is 0.716. The number of aromatic amines is 1. The third kappa shape index (κ3) is 7.85. The van der Waals surface area contributed by atoms with Gasteiger partial charge in [0.25, 0.3) is 13.9 Å². The van der Waals surface area contributed by atoms with Gasteiger partial charge >= 0.3 is 0 Å². The van der Waals surface area contributed by atoms with E-state index in [1.807, 2.05) is 18.2 Å². The maximum Gasteiger partial charge on any atom is 0.273 e. The van der Waals surface area contributed by atoms with E-state index in [0.717, 1.165) is 14.7 Å². The standard InChI is InChI=1S/C33H46BrFN4O4Si2/c1-32(2,3)44(7,8)42-18-12-17-41-21-23-13-11-14-25(35)31(23)39-28(40)20-26-30(38-39)29(37-36-26)22-15-16-24(34)27(19-22)43-45(9,10)33(4,5)6/h11,13-16,19-20,36H,12,17-18,21H2,1-10H3. The van der Waals surface area contributed by atoms with E-state index < -0.39 is 28.0 Å². The summed E-state index contributed by atoms with van der Waals surface area (Å²) in [7, 11) is -3.96. The van der Waals surface area contributed by atoms with E-state index in [2.05, 4.69) is 99.0 Å². The molecule has 8 nitrogen and oxygen atoms in total. The van der Waals surface area contributed by atoms with Crippen LogP contribution in [0.5, 0.6) is 5.75 Å². The first-order valence-electron chi connectivity index (χ1n) is 15.3. The van der Waals surface area contributed by atoms with Gasteiger partial charge in [0.05, 0.1) is 16.6 Å². The summed E-state index contributed by atoms with van der Waals surface area (Å²) >= 11 is 3.63. The molecule has 0 radical (unpaired) electrons. The van der Waals surface area contributed by atoms with Gasteiger partial charge in [-0.15, -0.1) is 0 Å². The van der Waals surface area contributed by atoms with E-state index in [0.29, 0.717) is 47.7 Å². The molecule has 2 aromatic heterocycles. The third-order valence-electron chi connectivity index (χ3n) is 9.06. The van der Waals surface area contributed by atoms with Gasteiger partial charge < -0.3 is 13.6 Å². The highest BCUT2D eigenvalue weighted by Gasteiger charge is 2.39. The first-order chi connectivity index (χ1) is 20.8. The second-order valence-corrected chi connectivity index (χ2v) is 24.9. The maximum atomic E-state index is 15.4. The van der Waals surface area contributed by atoms with Gasteiger partial charge in [-0.25, -0.2) is 4.39 Å². The molecule has 0 unspecified atom stereocenters. The summed E-state index contributed by atoms with van der Waals surface area (Å²) in [5, 5.41) is 12.2. The molecule has 0 spiro atoms. The Morgan fingerprint density at radius 3 is 2.31 bits per heavy atom. The van der Waals surface area contributed by atoms with Crippen LogP contribution in [0.1, 0.15) is 53.5 Å². The number of nitrogens with one attached hydrogen (secondary N) is 1. The lowest BCUT2D eigenvalue weighted by molar-refractivity contribution is 0.105. The number of H-pyrrole nitrogens is 1. The summed E-state index contributed by atoms with van der Waals surface area (Å²) in [6, 6.07) is 11.8. The van der Waals surface area contributed by atoms with Gasteiger partial charge in [0.15, 0.2) is 8.32 Å². The molecule has 0 aliphatic carbocycles. The normalized spacial score (nSPS) is 13.1. The van der Waals surface area contributed by atoms with Crippen molar-refractivity contribution in [3.05, 3.63) is 68.7 Å². The predicted molar refractivity (Wildman–Crippen MR) is 188 cm³/mol. The Hall–Kier alpha value is -2.65. The van der Waals surface area contributed by atoms with Crippen LogP contribution in [0.2, 0.25) is 36.3 Å². The molecule has 0 saturated heterocycles. The SMILES string of the molecule is CC(C)(C)[Si](C)(C)OCCCOCc1cccc(F)c1-n1nc2c(-c3ccc(Br)c(O[Si](C)(C)C(C)(C)C)c3)n[nH]c2cc1=O. The van der Waals surface area contributed by atoms with Crippen LogP contribution in [0, 0.1) is 5.82 Å². The Morgan fingerprint density at radius 2 is 1.64 bits per heavy atom. The van der Waals surface area contributed by atoms with Crippen molar-refractivity contribution < 1.29 is 18.0 Å². The van der Waals surface area contributed by atoms with Crippen molar-refractivity contribution in [2.75, 3.05) is 13.2 Å². The minimum absolute atomic E-state index is 0.0127. The van der Waals surface area contributed by atoms with Crippen molar-refractivity contribution in [1.82, 2.24) is 20.0 Å². The number of nitrogens with zero attached hydrogens (tertiary/aromatic N) is 3. The first kappa shape index (κ1) is 35.2. The maximum absolute atomic E-state index is 15.4. The summed E-state index contributed by atoms with van der Waals surface area (Å²) in [5.74, 6) is 0.150. The predicted octanol–water partition coefficient (Wildman–Crippen LogP) is 8.99. The van der Waals surface area contributed by atoms with Crippen LogP contribution >= 0.6 is 15.9 Å². The van der Waals surface area contributed by atoms with Crippen LogP contribution < -0.4 is 9.99 Å². The van der Waals surface area contributed by atoms with Crippen molar-refractivity contribution >= 4 is 43.6 Å². The van der Waals surface area contributed by atoms with Crippen LogP contribution in [0.25, 0.3) is 28.0 Å². The first-order valence-corrected chi connectivity index (χ1v) is 21.9.